The van der Waals surface area contributed by atoms with E-state index in [1.54, 1.807) is 61.6 Å². The molecule has 0 unspecified atom stereocenters. The van der Waals surface area contributed by atoms with E-state index in [0.29, 0.717) is 33.9 Å². The number of pyridine rings is 1. The molecule has 2 aliphatic rings. The van der Waals surface area contributed by atoms with Crippen LogP contribution in [-0.4, -0.2) is 70.8 Å². The highest BCUT2D eigenvalue weighted by molar-refractivity contribution is 6.07. The molecule has 4 heterocycles. The van der Waals surface area contributed by atoms with Crippen LogP contribution in [0.1, 0.15) is 33.3 Å². The number of ether oxygens (including phenoxy) is 5. The third-order valence-corrected chi connectivity index (χ3v) is 9.73. The summed E-state index contributed by atoms with van der Waals surface area (Å²) >= 11 is 0. The van der Waals surface area contributed by atoms with Crippen molar-refractivity contribution in [1.82, 2.24) is 14.5 Å². The fourth-order valence-corrected chi connectivity index (χ4v) is 7.05. The largest absolute Gasteiger partial charge is 0.497 e. The van der Waals surface area contributed by atoms with E-state index in [2.05, 4.69) is 15.3 Å². The number of aliphatic hydroxyl groups excluding tert-OH is 1. The number of methoxy groups -OCH3 is 2. The smallest absolute Gasteiger partial charge is 0.255 e. The Labute approximate surface area is 294 Å². The molecule has 51 heavy (non-hydrogen) atoms. The molecule has 2 N–H and O–H groups in total. The summed E-state index contributed by atoms with van der Waals surface area (Å²) in [5.74, 6) is 1.16. The first kappa shape index (κ1) is 32.6. The monoisotopic (exact) mass is 684 g/mol. The highest BCUT2D eigenvalue weighted by Gasteiger charge is 2.63. The van der Waals surface area contributed by atoms with E-state index in [4.69, 9.17) is 23.7 Å². The predicted octanol–water partition coefficient (Wildman–Crippen LogP) is 5.74. The van der Waals surface area contributed by atoms with E-state index >= 15 is 0 Å². The molecule has 258 valence electrons. The van der Waals surface area contributed by atoms with Gasteiger partial charge in [0, 0.05) is 11.8 Å². The number of fused-ring (bicyclic) bond motifs is 3. The van der Waals surface area contributed by atoms with Crippen molar-refractivity contribution in [1.29, 1.82) is 0 Å². The SMILES string of the molecule is COc1ccc(C(OC[C@@]23CO[C@@H]([C@H](n4cnc5c(NC(=O)c6ccccc6)ccnc54)O2)[C@@H]3O)(c2ccccc2)c2ccc(OC)cc2)cc1. The van der Waals surface area contributed by atoms with Gasteiger partial charge < -0.3 is 34.1 Å². The third kappa shape index (κ3) is 5.60. The van der Waals surface area contributed by atoms with Crippen LogP contribution < -0.4 is 14.8 Å². The second kappa shape index (κ2) is 13.3. The molecule has 4 aromatic carbocycles. The molecule has 11 heteroatoms. The van der Waals surface area contributed by atoms with E-state index in [9.17, 15) is 9.90 Å². The highest BCUT2D eigenvalue weighted by Crippen LogP contribution is 2.49. The van der Waals surface area contributed by atoms with Gasteiger partial charge in [-0.1, -0.05) is 72.8 Å². The zero-order valence-corrected chi connectivity index (χ0v) is 28.0. The fourth-order valence-electron chi connectivity index (χ4n) is 7.05. The van der Waals surface area contributed by atoms with Gasteiger partial charge in [-0.05, 0) is 59.2 Å². The maximum absolute atomic E-state index is 13.0. The molecule has 2 fully saturated rings. The minimum Gasteiger partial charge on any atom is -0.497 e. The lowest BCUT2D eigenvalue weighted by Gasteiger charge is -2.39. The van der Waals surface area contributed by atoms with E-state index in [-0.39, 0.29) is 19.1 Å². The molecule has 1 amide bonds. The summed E-state index contributed by atoms with van der Waals surface area (Å²) < 4.78 is 32.8. The molecular weight excluding hydrogens is 648 g/mol. The number of hydrogen-bond acceptors (Lipinski definition) is 9. The summed E-state index contributed by atoms with van der Waals surface area (Å²) in [4.78, 5) is 22.1. The fraction of sp³-hybridized carbons (Fsp3) is 0.225. The lowest BCUT2D eigenvalue weighted by molar-refractivity contribution is -0.202. The summed E-state index contributed by atoms with van der Waals surface area (Å²) in [6.45, 7) is 0.0937. The van der Waals surface area contributed by atoms with Crippen LogP contribution in [0.15, 0.2) is 128 Å². The first-order valence-electron chi connectivity index (χ1n) is 16.6. The number of carbonyl (C=O) groups is 1. The number of aliphatic hydroxyl groups is 1. The zero-order chi connectivity index (χ0) is 35.0. The van der Waals surface area contributed by atoms with Crippen molar-refractivity contribution >= 4 is 22.8 Å². The minimum absolute atomic E-state index is 0.0213. The summed E-state index contributed by atoms with van der Waals surface area (Å²) in [5.41, 5.74) is 2.22. The van der Waals surface area contributed by atoms with Crippen LogP contribution in [0.2, 0.25) is 0 Å². The van der Waals surface area contributed by atoms with Crippen LogP contribution in [0.3, 0.4) is 0 Å². The van der Waals surface area contributed by atoms with E-state index in [1.807, 2.05) is 84.9 Å². The molecule has 0 saturated carbocycles. The molecule has 6 aromatic rings. The number of rotatable bonds is 11. The Morgan fingerprint density at radius 2 is 1.47 bits per heavy atom. The number of benzene rings is 4. The Kier molecular flexibility index (Phi) is 8.48. The van der Waals surface area contributed by atoms with Crippen molar-refractivity contribution in [3.63, 3.8) is 0 Å². The van der Waals surface area contributed by atoms with E-state index in [0.717, 1.165) is 16.7 Å². The standard InChI is InChI=1S/C40H36N4O7/c1-47-30-17-13-28(14-18-30)40(27-11-7-4-8-12-27,29-15-19-31(48-2)20-16-29)50-24-39-23-49-34(35(39)45)38(51-39)44-25-42-33-32(21-22-41-36(33)44)43-37(46)26-9-5-3-6-10-26/h3-22,25,34-35,38,45H,23-24H2,1-2H3,(H,41,43,46)/t34-,35+,38-,39-/m1/s1. The predicted molar refractivity (Wildman–Crippen MR) is 189 cm³/mol. The number of amides is 1. The number of nitrogens with zero attached hydrogens (tertiary/aromatic N) is 3. The van der Waals surface area contributed by atoms with Gasteiger partial charge in [0.2, 0.25) is 0 Å². The number of nitrogens with one attached hydrogen (secondary N) is 1. The average Bonchev–Trinajstić information content (AvgIpc) is 3.85. The minimum atomic E-state index is -1.22. The van der Waals surface area contributed by atoms with Gasteiger partial charge in [-0.3, -0.25) is 9.36 Å². The van der Waals surface area contributed by atoms with Crippen LogP contribution in [-0.2, 0) is 19.8 Å². The molecule has 2 saturated heterocycles. The van der Waals surface area contributed by atoms with Gasteiger partial charge >= 0.3 is 0 Å². The second-order valence-electron chi connectivity index (χ2n) is 12.6. The maximum Gasteiger partial charge on any atom is 0.255 e. The Hall–Kier alpha value is -5.59. The molecule has 8 rings (SSSR count). The normalized spacial score (nSPS) is 21.1. The lowest BCUT2D eigenvalue weighted by Crippen LogP contribution is -2.48. The molecule has 0 aliphatic carbocycles. The van der Waals surface area contributed by atoms with Gasteiger partial charge in [0.15, 0.2) is 11.9 Å². The van der Waals surface area contributed by atoms with Crippen molar-refractivity contribution in [3.05, 3.63) is 150 Å². The van der Waals surface area contributed by atoms with Crippen LogP contribution in [0.5, 0.6) is 11.5 Å². The molecule has 0 radical (unpaired) electrons. The molecule has 2 aliphatic heterocycles. The summed E-state index contributed by atoms with van der Waals surface area (Å²) in [7, 11) is 3.26. The third-order valence-electron chi connectivity index (χ3n) is 9.73. The number of aromatic nitrogens is 3. The van der Waals surface area contributed by atoms with Gasteiger partial charge in [0.25, 0.3) is 5.91 Å². The van der Waals surface area contributed by atoms with Crippen LogP contribution >= 0.6 is 0 Å². The van der Waals surface area contributed by atoms with Crippen molar-refractivity contribution in [2.24, 2.45) is 0 Å². The van der Waals surface area contributed by atoms with Crippen molar-refractivity contribution in [2.75, 3.05) is 32.8 Å². The average molecular weight is 685 g/mol. The number of carbonyl (C=O) groups excluding carboxylic acids is 1. The van der Waals surface area contributed by atoms with Crippen LogP contribution in [0.25, 0.3) is 11.2 Å². The Morgan fingerprint density at radius 3 is 2.10 bits per heavy atom. The summed E-state index contributed by atoms with van der Waals surface area (Å²) in [5, 5.41) is 14.7. The summed E-state index contributed by atoms with van der Waals surface area (Å²) in [6.07, 6.45) is 0.685. The lowest BCUT2D eigenvalue weighted by atomic mass is 9.79. The molecule has 0 spiro atoms. The van der Waals surface area contributed by atoms with Gasteiger partial charge in [-0.15, -0.1) is 0 Å². The van der Waals surface area contributed by atoms with Gasteiger partial charge in [-0.2, -0.15) is 0 Å². The van der Waals surface area contributed by atoms with Gasteiger partial charge in [0.1, 0.15) is 40.4 Å². The Morgan fingerprint density at radius 1 is 0.863 bits per heavy atom. The highest BCUT2D eigenvalue weighted by atomic mass is 16.7. The molecule has 4 atom stereocenters. The molecule has 2 bridgehead atoms. The van der Waals surface area contributed by atoms with Crippen molar-refractivity contribution in [2.45, 2.75) is 29.6 Å². The number of hydrogen-bond donors (Lipinski definition) is 2. The van der Waals surface area contributed by atoms with Gasteiger partial charge in [0.05, 0.1) is 39.4 Å². The van der Waals surface area contributed by atoms with Crippen LogP contribution in [0.4, 0.5) is 5.69 Å². The second-order valence-corrected chi connectivity index (χ2v) is 12.6. The molecule has 2 aromatic heterocycles. The molecular formula is C40H36N4O7. The van der Waals surface area contributed by atoms with E-state index in [1.165, 1.54) is 0 Å². The van der Waals surface area contributed by atoms with Crippen molar-refractivity contribution < 1.29 is 33.6 Å². The van der Waals surface area contributed by atoms with Crippen molar-refractivity contribution in [3.8, 4) is 11.5 Å². The zero-order valence-electron chi connectivity index (χ0n) is 28.0. The Bertz CT molecular complexity index is 2090. The topological polar surface area (TPSA) is 126 Å². The number of imidazole rings is 1. The first-order valence-corrected chi connectivity index (χ1v) is 16.6. The van der Waals surface area contributed by atoms with Gasteiger partial charge in [-0.25, -0.2) is 9.97 Å². The first-order chi connectivity index (χ1) is 25.0. The Balaban J connectivity index is 1.14. The maximum atomic E-state index is 13.0. The quantitative estimate of drug-likeness (QED) is 0.165. The molecule has 11 nitrogen and oxygen atoms in total. The van der Waals surface area contributed by atoms with Crippen LogP contribution in [0, 0.1) is 0 Å². The summed E-state index contributed by atoms with van der Waals surface area (Å²) in [6, 6.07) is 36.1. The number of anilines is 1. The van der Waals surface area contributed by atoms with E-state index < -0.39 is 29.6 Å².